The Hall–Kier alpha value is -2.64. The third kappa shape index (κ3) is 7.85. The van der Waals surface area contributed by atoms with Crippen LogP contribution in [0.4, 0.5) is 0 Å². The molecular formula is C51H77NO10. The number of benzene rings is 1. The molecule has 6 aliphatic rings. The van der Waals surface area contributed by atoms with Crippen molar-refractivity contribution in [3.05, 3.63) is 60.2 Å². The number of likely N-dealkylation sites (tertiary alicyclic amines) is 1. The van der Waals surface area contributed by atoms with E-state index in [-0.39, 0.29) is 29.9 Å². The molecule has 5 saturated carbocycles. The van der Waals surface area contributed by atoms with Crippen LogP contribution in [0.15, 0.2) is 54.6 Å². The molecule has 1 saturated heterocycles. The summed E-state index contributed by atoms with van der Waals surface area (Å²) >= 11 is 0. The monoisotopic (exact) mass is 864 g/mol. The normalized spacial score (nSPS) is 39.2. The predicted molar refractivity (Wildman–Crippen MR) is 237 cm³/mol. The minimum atomic E-state index is -1.80. The summed E-state index contributed by atoms with van der Waals surface area (Å²) in [5, 5.41) is 26.1. The molecule has 14 atom stereocenters. The molecule has 1 aromatic rings. The zero-order valence-electron chi connectivity index (χ0n) is 38.5. The van der Waals surface area contributed by atoms with Crippen LogP contribution in [0, 0.1) is 34.5 Å². The quantitative estimate of drug-likeness (QED) is 0.0456. The standard InChI is InChI=1S/C51H77NO10/c1-7-9-10-11-12-13-14-15-16-17-18-19-20-21-22-26-29-38(53)62-51-39-36(32-49(56,46(60-6)44(51)54)45(39)61-47(55)35-27-24-23-25-28-35)50-37(58-4)30-31-48(34-57-3)33-52(8-2)43(50)40(51)41(59-5)42(48)50/h21-29,36-37,39-46,54,56H,7-20,30-34H2,1-6H3/b22-21+,29-26+/t36-,37+,39-,40+,41+,42-,43?,44+,45-,46+,48+,49-,50+,51-/m1/s1. The number of aliphatic hydroxyl groups is 2. The van der Waals surface area contributed by atoms with E-state index in [2.05, 4.69) is 24.8 Å². The highest BCUT2D eigenvalue weighted by atomic mass is 16.6. The number of carbonyl (C=O) groups is 2. The fourth-order valence-electron chi connectivity index (χ4n) is 14.7. The maximum absolute atomic E-state index is 14.5. The van der Waals surface area contributed by atoms with E-state index in [0.717, 1.165) is 32.2 Å². The molecule has 7 bridgehead atoms. The minimum absolute atomic E-state index is 0.137. The number of esters is 2. The van der Waals surface area contributed by atoms with E-state index in [4.69, 9.17) is 28.4 Å². The van der Waals surface area contributed by atoms with Gasteiger partial charge in [0.05, 0.1) is 24.4 Å². The van der Waals surface area contributed by atoms with Gasteiger partial charge in [-0.25, -0.2) is 9.59 Å². The van der Waals surface area contributed by atoms with E-state index < -0.39 is 70.7 Å². The number of rotatable bonds is 24. The Morgan fingerprint density at radius 3 is 2.13 bits per heavy atom. The van der Waals surface area contributed by atoms with Gasteiger partial charge in [-0.05, 0) is 56.7 Å². The first-order valence-electron chi connectivity index (χ1n) is 24.1. The van der Waals surface area contributed by atoms with Gasteiger partial charge < -0.3 is 38.6 Å². The number of carbonyl (C=O) groups excluding carboxylic acids is 2. The smallest absolute Gasteiger partial charge is 0.338 e. The molecule has 11 heteroatoms. The summed E-state index contributed by atoms with van der Waals surface area (Å²) in [4.78, 5) is 31.0. The maximum Gasteiger partial charge on any atom is 0.338 e. The molecule has 2 N–H and O–H groups in total. The maximum atomic E-state index is 14.5. The highest BCUT2D eigenvalue weighted by molar-refractivity contribution is 5.89. The van der Waals surface area contributed by atoms with E-state index in [1.807, 2.05) is 12.1 Å². The van der Waals surface area contributed by atoms with Crippen LogP contribution < -0.4 is 0 Å². The summed E-state index contributed by atoms with van der Waals surface area (Å²) in [6, 6.07) is 8.46. The Morgan fingerprint density at radius 1 is 0.839 bits per heavy atom. The van der Waals surface area contributed by atoms with Crippen molar-refractivity contribution in [1.29, 1.82) is 0 Å². The molecule has 1 unspecified atom stereocenters. The fourth-order valence-corrected chi connectivity index (χ4v) is 14.7. The van der Waals surface area contributed by atoms with Crippen molar-refractivity contribution >= 4 is 11.9 Å². The lowest BCUT2D eigenvalue weighted by Crippen LogP contribution is -2.81. The first-order valence-corrected chi connectivity index (χ1v) is 24.1. The van der Waals surface area contributed by atoms with Gasteiger partial charge in [-0.1, -0.05) is 121 Å². The van der Waals surface area contributed by atoms with Crippen LogP contribution in [0.5, 0.6) is 0 Å². The number of fused-ring (bicyclic) bond motifs is 2. The van der Waals surface area contributed by atoms with Gasteiger partial charge >= 0.3 is 11.9 Å². The molecular weight excluding hydrogens is 787 g/mol. The second-order valence-corrected chi connectivity index (χ2v) is 19.6. The van der Waals surface area contributed by atoms with Crippen molar-refractivity contribution in [2.75, 3.05) is 48.1 Å². The molecule has 346 valence electrons. The van der Waals surface area contributed by atoms with Gasteiger partial charge in [0.2, 0.25) is 0 Å². The van der Waals surface area contributed by atoms with Gasteiger partial charge in [0.25, 0.3) is 0 Å². The summed E-state index contributed by atoms with van der Waals surface area (Å²) in [7, 11) is 6.67. The van der Waals surface area contributed by atoms with Crippen molar-refractivity contribution in [3.8, 4) is 0 Å². The van der Waals surface area contributed by atoms with E-state index in [1.54, 1.807) is 51.7 Å². The molecule has 62 heavy (non-hydrogen) atoms. The molecule has 1 spiro atoms. The van der Waals surface area contributed by atoms with Crippen LogP contribution in [0.2, 0.25) is 0 Å². The zero-order valence-corrected chi connectivity index (χ0v) is 38.5. The number of hydrogen-bond donors (Lipinski definition) is 2. The highest BCUT2D eigenvalue weighted by Crippen LogP contribution is 2.80. The first kappa shape index (κ1) is 47.3. The van der Waals surface area contributed by atoms with Crippen molar-refractivity contribution < 1.29 is 48.2 Å². The average Bonchev–Trinajstić information content (AvgIpc) is 3.65. The number of piperidine rings is 1. The van der Waals surface area contributed by atoms with Crippen LogP contribution >= 0.6 is 0 Å². The van der Waals surface area contributed by atoms with Crippen LogP contribution in [0.1, 0.15) is 127 Å². The minimum Gasteiger partial charge on any atom is -0.455 e. The van der Waals surface area contributed by atoms with E-state index in [0.29, 0.717) is 18.7 Å². The van der Waals surface area contributed by atoms with Gasteiger partial charge in [0, 0.05) is 75.7 Å². The summed E-state index contributed by atoms with van der Waals surface area (Å²) < 4.78 is 38.9. The SMILES string of the molecule is CCCCCCCCCCCCCC/C=C/C=C/C(=O)O[C@]12[C@H]3[C@@H](OC(=O)c4ccccc4)[C@](O)(C[C@H]3[C@@]34C5[C@@H]1[C@H](OC)[C@@H]3[C@@](COC)(CC[C@@H]4OC)CN5CC)[C@@H](OC)[C@@H]2O. The highest BCUT2D eigenvalue weighted by Gasteiger charge is 2.91. The van der Waals surface area contributed by atoms with Crippen molar-refractivity contribution in [2.45, 2.75) is 164 Å². The topological polar surface area (TPSA) is 133 Å². The van der Waals surface area contributed by atoms with Crippen LogP contribution in [0.3, 0.4) is 0 Å². The molecule has 0 aromatic heterocycles. The molecule has 0 amide bonds. The molecule has 1 heterocycles. The number of methoxy groups -OCH3 is 4. The van der Waals surface area contributed by atoms with Crippen molar-refractivity contribution in [1.82, 2.24) is 4.90 Å². The summed E-state index contributed by atoms with van der Waals surface area (Å²) in [6.45, 7) is 6.34. The predicted octanol–water partition coefficient (Wildman–Crippen LogP) is 7.86. The van der Waals surface area contributed by atoms with Crippen LogP contribution in [-0.4, -0.2) is 123 Å². The van der Waals surface area contributed by atoms with E-state index in [9.17, 15) is 19.8 Å². The zero-order chi connectivity index (χ0) is 44.1. The summed E-state index contributed by atoms with van der Waals surface area (Å²) in [5.41, 5.74) is -4.14. The Bertz CT molecular complexity index is 1710. The number of ether oxygens (including phenoxy) is 6. The van der Waals surface area contributed by atoms with Crippen molar-refractivity contribution in [2.24, 2.45) is 34.5 Å². The van der Waals surface area contributed by atoms with E-state index >= 15 is 0 Å². The lowest BCUT2D eigenvalue weighted by Gasteiger charge is -2.69. The first-order chi connectivity index (χ1) is 30.1. The number of allylic oxidation sites excluding steroid dienone is 3. The molecule has 6 fully saturated rings. The summed E-state index contributed by atoms with van der Waals surface area (Å²) in [5.74, 6) is -3.19. The Kier molecular flexibility index (Phi) is 15.5. The van der Waals surface area contributed by atoms with Gasteiger partial charge in [0.1, 0.15) is 23.9 Å². The largest absolute Gasteiger partial charge is 0.455 e. The number of hydrogen-bond acceptors (Lipinski definition) is 11. The molecule has 0 radical (unpaired) electrons. The Labute approximate surface area is 371 Å². The Balaban J connectivity index is 1.18. The fraction of sp³-hybridized carbons (Fsp3) is 0.765. The molecule has 5 aliphatic carbocycles. The number of aliphatic hydroxyl groups excluding tert-OH is 1. The van der Waals surface area contributed by atoms with Crippen molar-refractivity contribution in [3.63, 3.8) is 0 Å². The third-order valence-electron chi connectivity index (χ3n) is 16.7. The lowest BCUT2D eigenvalue weighted by atomic mass is 9.43. The molecule has 11 nitrogen and oxygen atoms in total. The lowest BCUT2D eigenvalue weighted by molar-refractivity contribution is -0.316. The van der Waals surface area contributed by atoms with Crippen LogP contribution in [-0.2, 0) is 33.2 Å². The van der Waals surface area contributed by atoms with Crippen LogP contribution in [0.25, 0.3) is 0 Å². The van der Waals surface area contributed by atoms with E-state index in [1.165, 1.54) is 83.8 Å². The molecule has 7 rings (SSSR count). The summed E-state index contributed by atoms with van der Waals surface area (Å²) in [6.07, 6.45) is 20.8. The Morgan fingerprint density at radius 2 is 1.52 bits per heavy atom. The van der Waals surface area contributed by atoms with Gasteiger partial charge in [0.15, 0.2) is 5.60 Å². The van der Waals surface area contributed by atoms with Gasteiger partial charge in [-0.3, -0.25) is 4.90 Å². The number of unbranched alkanes of at least 4 members (excludes halogenated alkanes) is 12. The average molecular weight is 864 g/mol. The number of nitrogens with zero attached hydrogens (tertiary/aromatic N) is 1. The third-order valence-corrected chi connectivity index (χ3v) is 16.7. The second kappa shape index (κ2) is 20.3. The molecule has 1 aliphatic heterocycles. The van der Waals surface area contributed by atoms with Gasteiger partial charge in [-0.15, -0.1) is 0 Å². The molecule has 1 aromatic carbocycles. The second-order valence-electron chi connectivity index (χ2n) is 19.6. The van der Waals surface area contributed by atoms with Gasteiger partial charge in [-0.2, -0.15) is 0 Å².